The Morgan fingerprint density at radius 1 is 1.77 bits per heavy atom. The van der Waals surface area contributed by atoms with Crippen molar-refractivity contribution in [2.45, 2.75) is 25.0 Å². The molecule has 2 nitrogen and oxygen atoms in total. The van der Waals surface area contributed by atoms with E-state index in [9.17, 15) is 4.79 Å². The molecule has 1 aliphatic heterocycles. The summed E-state index contributed by atoms with van der Waals surface area (Å²) >= 11 is 1.30. The second-order valence-electron chi connectivity index (χ2n) is 3.01. The van der Waals surface area contributed by atoms with Gasteiger partial charge in [-0.05, 0) is 13.3 Å². The van der Waals surface area contributed by atoms with Crippen LogP contribution in [0, 0.1) is 12.3 Å². The second kappa shape index (κ2) is 3.89. The van der Waals surface area contributed by atoms with Crippen molar-refractivity contribution >= 4 is 16.9 Å². The van der Waals surface area contributed by atoms with E-state index in [1.807, 2.05) is 13.8 Å². The molecule has 0 aromatic rings. The summed E-state index contributed by atoms with van der Waals surface area (Å²) in [6, 6.07) is 0. The van der Waals surface area contributed by atoms with Gasteiger partial charge in [0.25, 0.3) is 0 Å². The van der Waals surface area contributed by atoms with E-state index in [0.29, 0.717) is 5.76 Å². The summed E-state index contributed by atoms with van der Waals surface area (Å²) in [5.41, 5.74) is 0. The van der Waals surface area contributed by atoms with Crippen molar-refractivity contribution in [2.75, 3.05) is 6.61 Å². The Labute approximate surface area is 82.7 Å². The minimum Gasteiger partial charge on any atom is -0.484 e. The monoisotopic (exact) mass is 196 g/mol. The van der Waals surface area contributed by atoms with Crippen LogP contribution in [0.15, 0.2) is 11.8 Å². The first-order valence-corrected chi connectivity index (χ1v) is 4.95. The Morgan fingerprint density at radius 2 is 2.46 bits per heavy atom. The normalized spacial score (nSPS) is 26.8. The van der Waals surface area contributed by atoms with E-state index >= 15 is 0 Å². The maximum Gasteiger partial charge on any atom is 0.216 e. The molecule has 1 aliphatic rings. The van der Waals surface area contributed by atoms with Gasteiger partial charge in [-0.25, -0.2) is 0 Å². The van der Waals surface area contributed by atoms with E-state index in [1.54, 1.807) is 0 Å². The predicted octanol–water partition coefficient (Wildman–Crippen LogP) is 1.96. The molecule has 1 rings (SSSR count). The third-order valence-electron chi connectivity index (χ3n) is 2.08. The molecular weight excluding hydrogens is 184 g/mol. The Kier molecular flexibility index (Phi) is 3.05. The van der Waals surface area contributed by atoms with E-state index in [4.69, 9.17) is 11.2 Å². The van der Waals surface area contributed by atoms with Crippen molar-refractivity contribution in [3.63, 3.8) is 0 Å². The van der Waals surface area contributed by atoms with Crippen LogP contribution < -0.4 is 0 Å². The first-order valence-electron chi connectivity index (χ1n) is 4.14. The number of hydrogen-bond acceptors (Lipinski definition) is 3. The van der Waals surface area contributed by atoms with Gasteiger partial charge in [0.05, 0.1) is 4.75 Å². The van der Waals surface area contributed by atoms with Gasteiger partial charge in [0.2, 0.25) is 5.12 Å². The van der Waals surface area contributed by atoms with Crippen molar-refractivity contribution in [1.29, 1.82) is 0 Å². The number of hydrogen-bond donors (Lipinski definition) is 0. The van der Waals surface area contributed by atoms with Crippen LogP contribution in [0.3, 0.4) is 0 Å². The lowest BCUT2D eigenvalue weighted by molar-refractivity contribution is -0.107. The molecule has 0 spiro atoms. The van der Waals surface area contributed by atoms with Crippen LogP contribution in [0.4, 0.5) is 0 Å². The Bertz CT molecular complexity index is 288. The zero-order chi connectivity index (χ0) is 9.90. The molecule has 0 aliphatic carbocycles. The van der Waals surface area contributed by atoms with Crippen LogP contribution in [-0.2, 0) is 9.53 Å². The fourth-order valence-corrected chi connectivity index (χ4v) is 2.09. The Hall–Kier alpha value is -0.880. The van der Waals surface area contributed by atoms with Crippen LogP contribution in [0.25, 0.3) is 0 Å². The molecule has 0 unspecified atom stereocenters. The van der Waals surface area contributed by atoms with Gasteiger partial charge >= 0.3 is 0 Å². The summed E-state index contributed by atoms with van der Waals surface area (Å²) in [6.45, 7) is 4.25. The molecule has 0 bridgehead atoms. The average Bonchev–Trinajstić information content (AvgIpc) is 2.39. The van der Waals surface area contributed by atoms with Crippen molar-refractivity contribution in [2.24, 2.45) is 0 Å². The van der Waals surface area contributed by atoms with Crippen LogP contribution in [0.2, 0.25) is 0 Å². The van der Waals surface area contributed by atoms with Crippen LogP contribution in [0.5, 0.6) is 0 Å². The molecule has 1 atom stereocenters. The molecule has 70 valence electrons. The fourth-order valence-electron chi connectivity index (χ4n) is 1.12. The quantitative estimate of drug-likeness (QED) is 0.645. The molecule has 0 aromatic carbocycles. The molecule has 0 saturated carbocycles. The Balaban J connectivity index is 2.74. The topological polar surface area (TPSA) is 26.3 Å². The lowest BCUT2D eigenvalue weighted by Gasteiger charge is -2.23. The number of carbonyl (C=O) groups is 1. The predicted molar refractivity (Wildman–Crippen MR) is 54.2 cm³/mol. The van der Waals surface area contributed by atoms with E-state index in [1.165, 1.54) is 17.8 Å². The zero-order valence-electron chi connectivity index (χ0n) is 7.79. The van der Waals surface area contributed by atoms with Gasteiger partial charge < -0.3 is 4.74 Å². The van der Waals surface area contributed by atoms with E-state index in [2.05, 4.69) is 5.92 Å². The summed E-state index contributed by atoms with van der Waals surface area (Å²) < 4.78 is 5.10. The number of carbonyl (C=O) groups excluding carboxylic acids is 1. The maximum atomic E-state index is 11.1. The largest absolute Gasteiger partial charge is 0.484 e. The van der Waals surface area contributed by atoms with Crippen LogP contribution in [0.1, 0.15) is 20.3 Å². The van der Waals surface area contributed by atoms with E-state index < -0.39 is 0 Å². The lowest BCUT2D eigenvalue weighted by atomic mass is 10.1. The molecule has 0 radical (unpaired) electrons. The van der Waals surface area contributed by atoms with E-state index in [-0.39, 0.29) is 16.5 Å². The summed E-state index contributed by atoms with van der Waals surface area (Å²) in [5.74, 6) is 3.10. The summed E-state index contributed by atoms with van der Waals surface area (Å²) in [4.78, 5) is 11.1. The Morgan fingerprint density at radius 3 is 3.00 bits per heavy atom. The smallest absolute Gasteiger partial charge is 0.216 e. The van der Waals surface area contributed by atoms with Crippen molar-refractivity contribution in [1.82, 2.24) is 0 Å². The summed E-state index contributed by atoms with van der Waals surface area (Å²) in [7, 11) is 0. The number of ether oxygens (including phenoxy) is 1. The van der Waals surface area contributed by atoms with Gasteiger partial charge in [0.15, 0.2) is 0 Å². The molecule has 0 saturated heterocycles. The highest BCUT2D eigenvalue weighted by molar-refractivity contribution is 8.15. The molecule has 0 fully saturated rings. The molecule has 0 aromatic heterocycles. The third kappa shape index (κ3) is 2.07. The average molecular weight is 196 g/mol. The standard InChI is InChI=1S/C10H12O2S/c1-4-6-12-8-7-9(11)13-10(8,3)5-2/h1,7H,5-6H2,2-3H3/t10-/m1/s1. The van der Waals surface area contributed by atoms with Gasteiger partial charge in [-0.2, -0.15) is 0 Å². The highest BCUT2D eigenvalue weighted by Gasteiger charge is 2.37. The van der Waals surface area contributed by atoms with Gasteiger partial charge in [-0.15, -0.1) is 6.42 Å². The van der Waals surface area contributed by atoms with Crippen LogP contribution in [-0.4, -0.2) is 16.5 Å². The molecule has 0 amide bonds. The van der Waals surface area contributed by atoms with Crippen LogP contribution >= 0.6 is 11.8 Å². The lowest BCUT2D eigenvalue weighted by Crippen LogP contribution is -2.20. The number of terminal acetylenes is 1. The first kappa shape index (κ1) is 10.2. The van der Waals surface area contributed by atoms with E-state index in [0.717, 1.165) is 6.42 Å². The third-order valence-corrected chi connectivity index (χ3v) is 3.34. The molecule has 13 heavy (non-hydrogen) atoms. The summed E-state index contributed by atoms with van der Waals surface area (Å²) in [6.07, 6.45) is 7.47. The van der Waals surface area contributed by atoms with Crippen molar-refractivity contribution in [3.05, 3.63) is 11.8 Å². The molecular formula is C10H12O2S. The first-order chi connectivity index (χ1) is 6.12. The highest BCUT2D eigenvalue weighted by atomic mass is 32.2. The molecule has 0 N–H and O–H groups in total. The van der Waals surface area contributed by atoms with Crippen molar-refractivity contribution in [3.8, 4) is 12.3 Å². The van der Waals surface area contributed by atoms with Gasteiger partial charge in [-0.1, -0.05) is 24.6 Å². The zero-order valence-corrected chi connectivity index (χ0v) is 8.61. The minimum atomic E-state index is -0.214. The SMILES string of the molecule is C#CCOC1=CC(=O)S[C@]1(C)CC. The second-order valence-corrected chi connectivity index (χ2v) is 4.51. The summed E-state index contributed by atoms with van der Waals surface area (Å²) in [5, 5.41) is 0.0522. The molecule has 3 heteroatoms. The van der Waals surface area contributed by atoms with Gasteiger partial charge in [0, 0.05) is 6.08 Å². The highest BCUT2D eigenvalue weighted by Crippen LogP contribution is 2.42. The van der Waals surface area contributed by atoms with Gasteiger partial charge in [-0.3, -0.25) is 4.79 Å². The number of thioether (sulfide) groups is 1. The minimum absolute atomic E-state index is 0.0522. The molecule has 1 heterocycles. The number of rotatable bonds is 3. The maximum absolute atomic E-state index is 11.1. The van der Waals surface area contributed by atoms with Crippen molar-refractivity contribution < 1.29 is 9.53 Å². The van der Waals surface area contributed by atoms with Gasteiger partial charge in [0.1, 0.15) is 12.4 Å². The fraction of sp³-hybridized carbons (Fsp3) is 0.500.